The van der Waals surface area contributed by atoms with Gasteiger partial charge in [0.25, 0.3) is 0 Å². The zero-order valence-corrected chi connectivity index (χ0v) is 19.1. The van der Waals surface area contributed by atoms with Crippen molar-refractivity contribution < 1.29 is 13.6 Å². The van der Waals surface area contributed by atoms with Gasteiger partial charge in [-0.15, -0.1) is 0 Å². The maximum atomic E-state index is 13.6. The van der Waals surface area contributed by atoms with Gasteiger partial charge >= 0.3 is 0 Å². The summed E-state index contributed by atoms with van der Waals surface area (Å²) in [6.07, 6.45) is 6.49. The lowest BCUT2D eigenvalue weighted by Gasteiger charge is -2.39. The van der Waals surface area contributed by atoms with Crippen LogP contribution in [0.2, 0.25) is 0 Å². The second-order valence-corrected chi connectivity index (χ2v) is 9.90. The molecular formula is C25H31F2N5O. The molecule has 1 atom stereocenters. The zero-order chi connectivity index (χ0) is 23.0. The standard InChI is InChI=1S/C25H31F2N5O/c1-25(9-15-31-11-7-19(25)8-12-31)30-23(33)17-5-13-32(14-6-17)24-28-10-4-22(29-24)18-2-3-20(26)21(27)16-18/h2-4,10,16-17,19H,5-9,11-15H2,1H3,(H,30,33). The van der Waals surface area contributed by atoms with Crippen LogP contribution in [-0.2, 0) is 4.79 Å². The molecular weight excluding hydrogens is 424 g/mol. The molecule has 1 N–H and O–H groups in total. The molecule has 176 valence electrons. The number of anilines is 1. The number of rotatable bonds is 4. The minimum Gasteiger partial charge on any atom is -0.350 e. The molecule has 4 fully saturated rings. The summed E-state index contributed by atoms with van der Waals surface area (Å²) in [7, 11) is 0. The van der Waals surface area contributed by atoms with Gasteiger partial charge in [0.15, 0.2) is 11.6 Å². The highest BCUT2D eigenvalue weighted by molar-refractivity contribution is 5.79. The van der Waals surface area contributed by atoms with Gasteiger partial charge in [0, 0.05) is 42.9 Å². The number of fused-ring (bicyclic) bond motifs is 4. The van der Waals surface area contributed by atoms with E-state index in [4.69, 9.17) is 0 Å². The summed E-state index contributed by atoms with van der Waals surface area (Å²) in [6.45, 7) is 6.98. The second kappa shape index (κ2) is 8.97. The summed E-state index contributed by atoms with van der Waals surface area (Å²) in [5.74, 6) is -0.490. The van der Waals surface area contributed by atoms with Gasteiger partial charge in [-0.3, -0.25) is 4.79 Å². The number of piperidine rings is 2. The van der Waals surface area contributed by atoms with E-state index in [1.165, 1.54) is 18.9 Å². The highest BCUT2D eigenvalue weighted by Gasteiger charge is 2.42. The highest BCUT2D eigenvalue weighted by Crippen LogP contribution is 2.35. The Morgan fingerprint density at radius 3 is 2.52 bits per heavy atom. The van der Waals surface area contributed by atoms with Crippen LogP contribution >= 0.6 is 0 Å². The van der Waals surface area contributed by atoms with E-state index in [-0.39, 0.29) is 17.4 Å². The molecule has 1 aromatic carbocycles. The van der Waals surface area contributed by atoms with Crippen LogP contribution in [0.1, 0.15) is 39.0 Å². The van der Waals surface area contributed by atoms with Gasteiger partial charge in [0.2, 0.25) is 11.9 Å². The van der Waals surface area contributed by atoms with E-state index < -0.39 is 11.6 Å². The molecule has 6 rings (SSSR count). The van der Waals surface area contributed by atoms with E-state index in [0.29, 0.717) is 36.2 Å². The molecule has 2 aromatic rings. The molecule has 4 aliphatic heterocycles. The summed E-state index contributed by atoms with van der Waals surface area (Å²) < 4.78 is 26.9. The Morgan fingerprint density at radius 2 is 1.79 bits per heavy atom. The van der Waals surface area contributed by atoms with Crippen molar-refractivity contribution in [3.63, 3.8) is 0 Å². The van der Waals surface area contributed by atoms with Gasteiger partial charge < -0.3 is 15.1 Å². The van der Waals surface area contributed by atoms with Crippen molar-refractivity contribution in [1.29, 1.82) is 0 Å². The molecule has 8 heteroatoms. The molecule has 5 heterocycles. The largest absolute Gasteiger partial charge is 0.350 e. The first kappa shape index (κ1) is 22.2. The first-order valence-electron chi connectivity index (χ1n) is 12.0. The lowest BCUT2D eigenvalue weighted by Crippen LogP contribution is -2.54. The van der Waals surface area contributed by atoms with E-state index in [1.807, 2.05) is 0 Å². The molecule has 0 radical (unpaired) electrons. The fraction of sp³-hybridized carbons (Fsp3) is 0.560. The van der Waals surface area contributed by atoms with Crippen molar-refractivity contribution in [2.45, 2.75) is 44.6 Å². The smallest absolute Gasteiger partial charge is 0.225 e. The Labute approximate surface area is 193 Å². The maximum Gasteiger partial charge on any atom is 0.225 e. The lowest BCUT2D eigenvalue weighted by atomic mass is 9.78. The first-order valence-corrected chi connectivity index (χ1v) is 12.0. The van der Waals surface area contributed by atoms with Gasteiger partial charge in [0.1, 0.15) is 0 Å². The van der Waals surface area contributed by atoms with Crippen LogP contribution in [0.4, 0.5) is 14.7 Å². The summed E-state index contributed by atoms with van der Waals surface area (Å²) in [4.78, 5) is 26.7. The van der Waals surface area contributed by atoms with Crippen molar-refractivity contribution in [1.82, 2.24) is 20.2 Å². The minimum atomic E-state index is -0.896. The Balaban J connectivity index is 1.21. The van der Waals surface area contributed by atoms with Crippen LogP contribution in [-0.4, -0.2) is 59.0 Å². The number of nitrogens with one attached hydrogen (secondary N) is 1. The summed E-state index contributed by atoms with van der Waals surface area (Å²) in [5.41, 5.74) is 0.945. The molecule has 0 spiro atoms. The average molecular weight is 456 g/mol. The van der Waals surface area contributed by atoms with Gasteiger partial charge in [0.05, 0.1) is 5.69 Å². The number of carbonyl (C=O) groups is 1. The van der Waals surface area contributed by atoms with Gasteiger partial charge in [-0.25, -0.2) is 18.7 Å². The van der Waals surface area contributed by atoms with E-state index in [0.717, 1.165) is 51.0 Å². The normalized spacial score (nSPS) is 27.9. The van der Waals surface area contributed by atoms with Crippen molar-refractivity contribution in [2.75, 3.05) is 37.6 Å². The summed E-state index contributed by atoms with van der Waals surface area (Å²) in [6, 6.07) is 5.46. The Morgan fingerprint density at radius 1 is 1.03 bits per heavy atom. The number of hydrogen-bond donors (Lipinski definition) is 1. The van der Waals surface area contributed by atoms with Crippen LogP contribution in [0, 0.1) is 23.5 Å². The number of amides is 1. The molecule has 1 amide bonds. The monoisotopic (exact) mass is 455 g/mol. The fourth-order valence-corrected chi connectivity index (χ4v) is 5.59. The predicted molar refractivity (Wildman–Crippen MR) is 123 cm³/mol. The number of hydrogen-bond acceptors (Lipinski definition) is 5. The Bertz CT molecular complexity index is 1020. The molecule has 1 aromatic heterocycles. The number of carbonyl (C=O) groups excluding carboxylic acids is 1. The van der Waals surface area contributed by atoms with Gasteiger partial charge in [-0.05, 0) is 82.3 Å². The number of nitrogens with zero attached hydrogens (tertiary/aromatic N) is 4. The van der Waals surface area contributed by atoms with Crippen LogP contribution in [0.3, 0.4) is 0 Å². The Hall–Kier alpha value is -2.61. The van der Waals surface area contributed by atoms with Crippen molar-refractivity contribution in [2.24, 2.45) is 11.8 Å². The maximum absolute atomic E-state index is 13.6. The number of halogens is 2. The quantitative estimate of drug-likeness (QED) is 0.763. The minimum absolute atomic E-state index is 0.00629. The third-order valence-electron chi connectivity index (χ3n) is 7.85. The van der Waals surface area contributed by atoms with Crippen molar-refractivity contribution in [3.8, 4) is 11.3 Å². The predicted octanol–water partition coefficient (Wildman–Crippen LogP) is 3.63. The lowest BCUT2D eigenvalue weighted by molar-refractivity contribution is -0.128. The third kappa shape index (κ3) is 4.58. The van der Waals surface area contributed by atoms with E-state index in [1.54, 1.807) is 12.3 Å². The molecule has 2 bridgehead atoms. The summed E-state index contributed by atoms with van der Waals surface area (Å²) in [5, 5.41) is 3.45. The third-order valence-corrected chi connectivity index (χ3v) is 7.85. The molecule has 4 aliphatic rings. The van der Waals surface area contributed by atoms with Gasteiger partial charge in [-0.2, -0.15) is 0 Å². The van der Waals surface area contributed by atoms with Crippen LogP contribution < -0.4 is 10.2 Å². The molecule has 0 aliphatic carbocycles. The first-order chi connectivity index (χ1) is 15.9. The number of benzene rings is 1. The van der Waals surface area contributed by atoms with E-state index in [2.05, 4.69) is 32.0 Å². The average Bonchev–Trinajstić information content (AvgIpc) is 3.09. The molecule has 33 heavy (non-hydrogen) atoms. The van der Waals surface area contributed by atoms with Crippen LogP contribution in [0.25, 0.3) is 11.3 Å². The van der Waals surface area contributed by atoms with Crippen LogP contribution in [0.5, 0.6) is 0 Å². The topological polar surface area (TPSA) is 61.4 Å². The van der Waals surface area contributed by atoms with Gasteiger partial charge in [-0.1, -0.05) is 0 Å². The fourth-order valence-electron chi connectivity index (χ4n) is 5.59. The molecule has 0 saturated carbocycles. The molecule has 4 saturated heterocycles. The zero-order valence-electron chi connectivity index (χ0n) is 19.1. The molecule has 1 unspecified atom stereocenters. The SMILES string of the molecule is CC1(NC(=O)C2CCN(c3nccc(-c4ccc(F)c(F)c4)n3)CC2)CCN2CCC1CC2. The summed E-state index contributed by atoms with van der Waals surface area (Å²) >= 11 is 0. The van der Waals surface area contributed by atoms with Crippen molar-refractivity contribution >= 4 is 11.9 Å². The van der Waals surface area contributed by atoms with Crippen molar-refractivity contribution in [3.05, 3.63) is 42.1 Å². The van der Waals surface area contributed by atoms with E-state index in [9.17, 15) is 13.6 Å². The second-order valence-electron chi connectivity index (χ2n) is 9.90. The van der Waals surface area contributed by atoms with E-state index >= 15 is 0 Å². The highest BCUT2D eigenvalue weighted by atomic mass is 19.2. The van der Waals surface area contributed by atoms with Crippen LogP contribution in [0.15, 0.2) is 30.5 Å². The number of aromatic nitrogens is 2. The molecule has 6 nitrogen and oxygen atoms in total. The Kier molecular flexibility index (Phi) is 6.03.